The van der Waals surface area contributed by atoms with Gasteiger partial charge in [-0.3, -0.25) is 0 Å². The minimum Gasteiger partial charge on any atom is -0.487 e. The molecule has 0 radical (unpaired) electrons. The highest BCUT2D eigenvalue weighted by molar-refractivity contribution is 5.77. The van der Waals surface area contributed by atoms with Crippen LogP contribution in [0.25, 0.3) is 0 Å². The maximum Gasteiger partial charge on any atom is 0.161 e. The third kappa shape index (κ3) is 5.17. The number of rotatable bonds is 0. The topological polar surface area (TPSA) is 73.8 Å². The van der Waals surface area contributed by atoms with E-state index < -0.39 is 0 Å². The number of fused-ring (bicyclic) bond motifs is 11. The van der Waals surface area contributed by atoms with Crippen LogP contribution in [0.4, 0.5) is 0 Å². The summed E-state index contributed by atoms with van der Waals surface area (Å²) >= 11 is 0. The molecule has 0 amide bonds. The zero-order valence-corrected chi connectivity index (χ0v) is 30.8. The van der Waals surface area contributed by atoms with Gasteiger partial charge in [0.05, 0.1) is 52.9 Å². The third-order valence-electron chi connectivity index (χ3n) is 12.7. The Bertz CT molecular complexity index is 1780. The predicted molar refractivity (Wildman–Crippen MR) is 198 cm³/mol. The van der Waals surface area contributed by atoms with Gasteiger partial charge in [-0.15, -0.1) is 0 Å². The molecule has 4 aromatic carbocycles. The van der Waals surface area contributed by atoms with Crippen molar-refractivity contribution >= 4 is 0 Å². The molecular formula is C44H50O8. The number of ether oxygens (including phenoxy) is 8. The van der Waals surface area contributed by atoms with Gasteiger partial charge in [0.15, 0.2) is 23.0 Å². The highest BCUT2D eigenvalue weighted by Gasteiger charge is 2.79. The van der Waals surface area contributed by atoms with Crippen LogP contribution in [0.5, 0.6) is 23.0 Å². The summed E-state index contributed by atoms with van der Waals surface area (Å²) in [7, 11) is 0. The van der Waals surface area contributed by atoms with Crippen LogP contribution in [0.3, 0.4) is 0 Å². The Hall–Kier alpha value is -4.08. The van der Waals surface area contributed by atoms with Gasteiger partial charge in [-0.05, 0) is 57.6 Å². The lowest BCUT2D eigenvalue weighted by molar-refractivity contribution is 0.0223. The van der Waals surface area contributed by atoms with Crippen LogP contribution in [0.15, 0.2) is 84.9 Å². The van der Waals surface area contributed by atoms with E-state index >= 15 is 0 Å². The molecule has 4 aromatic rings. The Morgan fingerprint density at radius 3 is 0.942 bits per heavy atom. The van der Waals surface area contributed by atoms with Crippen LogP contribution < -0.4 is 18.9 Å². The summed E-state index contributed by atoms with van der Waals surface area (Å²) in [4.78, 5) is 0. The molecular weight excluding hydrogens is 656 g/mol. The molecule has 2 atom stereocenters. The van der Waals surface area contributed by atoms with Crippen LogP contribution >= 0.6 is 0 Å². The Morgan fingerprint density at radius 2 is 0.596 bits per heavy atom. The second-order valence-corrected chi connectivity index (χ2v) is 14.7. The van der Waals surface area contributed by atoms with Gasteiger partial charge in [-0.1, -0.05) is 88.4 Å². The van der Waals surface area contributed by atoms with Crippen LogP contribution in [0.2, 0.25) is 0 Å². The van der Waals surface area contributed by atoms with Gasteiger partial charge in [0.1, 0.15) is 26.4 Å². The molecule has 8 heteroatoms. The van der Waals surface area contributed by atoms with Crippen LogP contribution in [-0.4, -0.2) is 79.3 Å². The molecule has 1 heterocycles. The minimum absolute atomic E-state index is 0.177. The lowest BCUT2D eigenvalue weighted by Gasteiger charge is -2.49. The molecule has 52 heavy (non-hydrogen) atoms. The summed E-state index contributed by atoms with van der Waals surface area (Å²) in [5, 5.41) is 0. The average molecular weight is 707 g/mol. The van der Waals surface area contributed by atoms with Gasteiger partial charge < -0.3 is 37.9 Å². The van der Waals surface area contributed by atoms with Crippen molar-refractivity contribution in [1.82, 2.24) is 0 Å². The maximum absolute atomic E-state index is 6.52. The first-order valence-corrected chi connectivity index (χ1v) is 18.7. The van der Waals surface area contributed by atoms with Crippen LogP contribution in [0, 0.1) is 5.41 Å². The predicted octanol–water partition coefficient (Wildman–Crippen LogP) is 7.25. The van der Waals surface area contributed by atoms with Gasteiger partial charge in [0.25, 0.3) is 0 Å². The lowest BCUT2D eigenvalue weighted by Crippen LogP contribution is -2.51. The minimum atomic E-state index is -0.271. The summed E-state index contributed by atoms with van der Waals surface area (Å²) in [6.07, 6.45) is 0. The molecule has 1 aliphatic heterocycles. The first kappa shape index (κ1) is 35.0. The highest BCUT2D eigenvalue weighted by Crippen LogP contribution is 2.82. The second-order valence-electron chi connectivity index (χ2n) is 14.7. The van der Waals surface area contributed by atoms with Crippen molar-refractivity contribution in [3.05, 3.63) is 118 Å². The molecule has 4 aliphatic rings. The maximum atomic E-state index is 6.52. The molecule has 0 aromatic heterocycles. The van der Waals surface area contributed by atoms with Crippen molar-refractivity contribution in [1.29, 1.82) is 0 Å². The van der Waals surface area contributed by atoms with Crippen LogP contribution in [0.1, 0.15) is 61.1 Å². The molecule has 3 aliphatic carbocycles. The van der Waals surface area contributed by atoms with Crippen molar-refractivity contribution in [2.75, 3.05) is 79.3 Å². The summed E-state index contributed by atoms with van der Waals surface area (Å²) in [6, 6.07) is 30.3. The first-order chi connectivity index (χ1) is 25.4. The van der Waals surface area contributed by atoms with Crippen molar-refractivity contribution in [2.45, 2.75) is 43.9 Å². The van der Waals surface area contributed by atoms with Crippen molar-refractivity contribution < 1.29 is 37.9 Å². The van der Waals surface area contributed by atoms with Crippen LogP contribution in [-0.2, 0) is 35.2 Å². The van der Waals surface area contributed by atoms with E-state index in [1.54, 1.807) is 0 Å². The molecule has 0 bridgehead atoms. The van der Waals surface area contributed by atoms with Crippen molar-refractivity contribution in [2.24, 2.45) is 5.41 Å². The largest absolute Gasteiger partial charge is 0.487 e. The summed E-state index contributed by atoms with van der Waals surface area (Å²) in [5.74, 6) is 2.81. The number of benzene rings is 4. The monoisotopic (exact) mass is 706 g/mol. The zero-order valence-electron chi connectivity index (χ0n) is 30.8. The van der Waals surface area contributed by atoms with E-state index in [9.17, 15) is 0 Å². The van der Waals surface area contributed by atoms with E-state index in [-0.39, 0.29) is 21.7 Å². The van der Waals surface area contributed by atoms with Gasteiger partial charge in [0.2, 0.25) is 0 Å². The second kappa shape index (κ2) is 14.0. The molecule has 0 fully saturated rings. The standard InChI is InChI=1S/C44H50O8/c1-41-31-11-5-7-13-33(31)42(2)35-29-39-40(30-36(35)43(3,44(41,42)4)34-14-8-6-12-32(34)41)52-28-24-48-20-18-46-22-26-50-38-16-10-9-15-37(38)49-25-21-45-17-19-47-23-27-51-39/h5-16,29-30H,17-28H2,1-4H3. The van der Waals surface area contributed by atoms with Crippen molar-refractivity contribution in [3.63, 3.8) is 0 Å². The number of hydrogen-bond donors (Lipinski definition) is 0. The lowest BCUT2D eigenvalue weighted by atomic mass is 9.52. The Labute approximate surface area is 307 Å². The van der Waals surface area contributed by atoms with Gasteiger partial charge in [-0.2, -0.15) is 0 Å². The van der Waals surface area contributed by atoms with E-state index in [1.165, 1.54) is 33.4 Å². The average Bonchev–Trinajstić information content (AvgIpc) is 3.52. The van der Waals surface area contributed by atoms with E-state index in [2.05, 4.69) is 88.4 Å². The fourth-order valence-corrected chi connectivity index (χ4v) is 10.0. The molecule has 0 N–H and O–H groups in total. The fraction of sp³-hybridized carbons (Fsp3) is 0.455. The molecule has 0 spiro atoms. The van der Waals surface area contributed by atoms with Gasteiger partial charge in [0, 0.05) is 21.7 Å². The normalized spacial score (nSPS) is 29.2. The van der Waals surface area contributed by atoms with E-state index in [4.69, 9.17) is 37.9 Å². The summed E-state index contributed by atoms with van der Waals surface area (Å²) < 4.78 is 48.2. The molecule has 0 saturated carbocycles. The van der Waals surface area contributed by atoms with E-state index in [0.717, 1.165) is 11.5 Å². The molecule has 8 nitrogen and oxygen atoms in total. The SMILES string of the molecule is CC12c3ccccc3C3(C)c4cc5c(cc4C(C)(c4ccccc41)C23C)OCCOCCOCCOc1ccccc1OCCOCCOCCO5. The third-order valence-corrected chi connectivity index (χ3v) is 12.7. The highest BCUT2D eigenvalue weighted by atomic mass is 16.6. The van der Waals surface area contributed by atoms with Gasteiger partial charge >= 0.3 is 0 Å². The Kier molecular flexibility index (Phi) is 9.45. The molecule has 2 unspecified atom stereocenters. The first-order valence-electron chi connectivity index (χ1n) is 18.7. The number of para-hydroxylation sites is 2. The van der Waals surface area contributed by atoms with Crippen molar-refractivity contribution in [3.8, 4) is 23.0 Å². The fourth-order valence-electron chi connectivity index (χ4n) is 10.0. The van der Waals surface area contributed by atoms with E-state index in [0.29, 0.717) is 90.8 Å². The van der Waals surface area contributed by atoms with E-state index in [1.807, 2.05) is 24.3 Å². The Morgan fingerprint density at radius 1 is 0.327 bits per heavy atom. The smallest absolute Gasteiger partial charge is 0.161 e. The van der Waals surface area contributed by atoms with Gasteiger partial charge in [-0.25, -0.2) is 0 Å². The molecule has 274 valence electrons. The zero-order chi connectivity index (χ0) is 35.8. The Balaban J connectivity index is 1.06. The molecule has 8 rings (SSSR count). The number of hydrogen-bond acceptors (Lipinski definition) is 8. The summed E-state index contributed by atoms with van der Waals surface area (Å²) in [6.45, 7) is 15.0. The quantitative estimate of drug-likeness (QED) is 0.190. The summed E-state index contributed by atoms with van der Waals surface area (Å²) in [5.41, 5.74) is 7.32. The molecule has 0 saturated heterocycles.